The standard InChI is InChI=1S/C16H23N5OS/c1-4-22-14-9-12(2)18-16(19-14)21-7-5-20(6-8-21)10-15-17-13(3)11-23-15/h9,11H,4-8,10H2,1-3H3. The van der Waals surface area contributed by atoms with Crippen molar-refractivity contribution >= 4 is 17.3 Å². The summed E-state index contributed by atoms with van der Waals surface area (Å²) in [6, 6.07) is 1.88. The maximum Gasteiger partial charge on any atom is 0.228 e. The Morgan fingerprint density at radius 1 is 1.09 bits per heavy atom. The minimum atomic E-state index is 0.622. The SMILES string of the molecule is CCOc1cc(C)nc(N2CCN(Cc3nc(C)cs3)CC2)n1. The summed E-state index contributed by atoms with van der Waals surface area (Å²) in [6.45, 7) is 11.4. The molecule has 1 saturated heterocycles. The van der Waals surface area contributed by atoms with Gasteiger partial charge in [0.05, 0.1) is 13.2 Å². The van der Waals surface area contributed by atoms with Gasteiger partial charge in [0, 0.05) is 49.0 Å². The monoisotopic (exact) mass is 333 g/mol. The van der Waals surface area contributed by atoms with E-state index in [1.165, 1.54) is 5.01 Å². The number of anilines is 1. The highest BCUT2D eigenvalue weighted by atomic mass is 32.1. The highest BCUT2D eigenvalue weighted by molar-refractivity contribution is 7.09. The molecule has 2 aromatic rings. The van der Waals surface area contributed by atoms with Gasteiger partial charge in [-0.05, 0) is 20.8 Å². The van der Waals surface area contributed by atoms with Crippen LogP contribution in [-0.4, -0.2) is 52.6 Å². The molecule has 6 nitrogen and oxygen atoms in total. The first-order valence-electron chi connectivity index (χ1n) is 8.01. The number of nitrogens with zero attached hydrogens (tertiary/aromatic N) is 5. The zero-order chi connectivity index (χ0) is 16.2. The molecule has 0 saturated carbocycles. The Kier molecular flexibility index (Phi) is 5.07. The topological polar surface area (TPSA) is 54.4 Å². The van der Waals surface area contributed by atoms with Gasteiger partial charge in [0.15, 0.2) is 0 Å². The number of ether oxygens (including phenoxy) is 1. The zero-order valence-electron chi connectivity index (χ0n) is 13.9. The molecule has 23 heavy (non-hydrogen) atoms. The van der Waals surface area contributed by atoms with E-state index >= 15 is 0 Å². The molecule has 0 N–H and O–H groups in total. The summed E-state index contributed by atoms with van der Waals surface area (Å²) in [7, 11) is 0. The molecule has 7 heteroatoms. The summed E-state index contributed by atoms with van der Waals surface area (Å²) in [4.78, 5) is 18.3. The molecule has 0 unspecified atom stereocenters. The Morgan fingerprint density at radius 2 is 1.87 bits per heavy atom. The summed E-state index contributed by atoms with van der Waals surface area (Å²) >= 11 is 1.74. The molecular weight excluding hydrogens is 310 g/mol. The minimum absolute atomic E-state index is 0.622. The second-order valence-corrected chi connectivity index (χ2v) is 6.67. The largest absolute Gasteiger partial charge is 0.478 e. The quantitative estimate of drug-likeness (QED) is 0.837. The molecule has 0 spiro atoms. The summed E-state index contributed by atoms with van der Waals surface area (Å²) in [5.74, 6) is 1.44. The summed E-state index contributed by atoms with van der Waals surface area (Å²) in [5.41, 5.74) is 2.05. The molecule has 1 fully saturated rings. The van der Waals surface area contributed by atoms with Crippen molar-refractivity contribution < 1.29 is 4.74 Å². The van der Waals surface area contributed by atoms with Crippen LogP contribution in [0.5, 0.6) is 5.88 Å². The molecule has 0 amide bonds. The fourth-order valence-electron chi connectivity index (χ4n) is 2.66. The van der Waals surface area contributed by atoms with E-state index in [1.54, 1.807) is 11.3 Å². The number of aryl methyl sites for hydroxylation is 2. The van der Waals surface area contributed by atoms with E-state index in [2.05, 4.69) is 30.1 Å². The number of aromatic nitrogens is 3. The van der Waals surface area contributed by atoms with Crippen molar-refractivity contribution in [3.8, 4) is 5.88 Å². The second kappa shape index (κ2) is 7.23. The van der Waals surface area contributed by atoms with E-state index in [0.29, 0.717) is 12.5 Å². The highest BCUT2D eigenvalue weighted by Gasteiger charge is 2.20. The zero-order valence-corrected chi connectivity index (χ0v) is 14.8. The van der Waals surface area contributed by atoms with Crippen LogP contribution in [0.15, 0.2) is 11.4 Å². The van der Waals surface area contributed by atoms with E-state index in [0.717, 1.165) is 50.1 Å². The molecule has 0 aliphatic carbocycles. The number of thiazole rings is 1. The lowest BCUT2D eigenvalue weighted by molar-refractivity contribution is 0.248. The summed E-state index contributed by atoms with van der Waals surface area (Å²) in [5, 5.41) is 3.31. The predicted molar refractivity (Wildman–Crippen MR) is 92.3 cm³/mol. The van der Waals surface area contributed by atoms with E-state index < -0.39 is 0 Å². The van der Waals surface area contributed by atoms with Gasteiger partial charge in [0.25, 0.3) is 0 Å². The molecule has 1 aliphatic heterocycles. The summed E-state index contributed by atoms with van der Waals surface area (Å²) < 4.78 is 5.53. The third-order valence-corrected chi connectivity index (χ3v) is 4.74. The number of hydrogen-bond acceptors (Lipinski definition) is 7. The van der Waals surface area contributed by atoms with Gasteiger partial charge in [-0.25, -0.2) is 9.97 Å². The minimum Gasteiger partial charge on any atom is -0.478 e. The first-order chi connectivity index (χ1) is 11.1. The van der Waals surface area contributed by atoms with Crippen molar-refractivity contribution in [1.29, 1.82) is 0 Å². The molecule has 2 aromatic heterocycles. The van der Waals surface area contributed by atoms with Crippen LogP contribution < -0.4 is 9.64 Å². The van der Waals surface area contributed by atoms with Gasteiger partial charge in [-0.1, -0.05) is 0 Å². The number of rotatable bonds is 5. The van der Waals surface area contributed by atoms with Crippen LogP contribution in [0.3, 0.4) is 0 Å². The van der Waals surface area contributed by atoms with Gasteiger partial charge < -0.3 is 9.64 Å². The van der Waals surface area contributed by atoms with E-state index in [1.807, 2.05) is 26.8 Å². The van der Waals surface area contributed by atoms with Crippen LogP contribution in [-0.2, 0) is 6.54 Å². The molecule has 3 heterocycles. The first kappa shape index (κ1) is 16.1. The van der Waals surface area contributed by atoms with E-state index in [9.17, 15) is 0 Å². The third-order valence-electron chi connectivity index (χ3n) is 3.79. The highest BCUT2D eigenvalue weighted by Crippen LogP contribution is 2.18. The Hall–Kier alpha value is -1.73. The van der Waals surface area contributed by atoms with Crippen molar-refractivity contribution in [2.75, 3.05) is 37.7 Å². The van der Waals surface area contributed by atoms with Crippen molar-refractivity contribution in [3.63, 3.8) is 0 Å². The Balaban J connectivity index is 1.60. The molecule has 124 valence electrons. The van der Waals surface area contributed by atoms with Gasteiger partial charge >= 0.3 is 0 Å². The molecule has 0 aromatic carbocycles. The molecule has 0 atom stereocenters. The van der Waals surface area contributed by atoms with Gasteiger partial charge in [0.1, 0.15) is 5.01 Å². The predicted octanol–water partition coefficient (Wildman–Crippen LogP) is 2.27. The third kappa shape index (κ3) is 4.17. The van der Waals surface area contributed by atoms with Gasteiger partial charge in [-0.15, -0.1) is 11.3 Å². The fourth-order valence-corrected chi connectivity index (χ4v) is 3.47. The molecule has 3 rings (SSSR count). The summed E-state index contributed by atoms with van der Waals surface area (Å²) in [6.07, 6.45) is 0. The van der Waals surface area contributed by atoms with Crippen molar-refractivity contribution in [2.45, 2.75) is 27.3 Å². The van der Waals surface area contributed by atoms with Crippen LogP contribution in [0.2, 0.25) is 0 Å². The van der Waals surface area contributed by atoms with E-state index in [4.69, 9.17) is 4.74 Å². The Morgan fingerprint density at radius 3 is 2.52 bits per heavy atom. The maximum atomic E-state index is 5.53. The first-order valence-corrected chi connectivity index (χ1v) is 8.89. The maximum absolute atomic E-state index is 5.53. The van der Waals surface area contributed by atoms with Crippen LogP contribution in [0.4, 0.5) is 5.95 Å². The van der Waals surface area contributed by atoms with Gasteiger partial charge in [0.2, 0.25) is 11.8 Å². The average Bonchev–Trinajstić information content (AvgIpc) is 2.93. The average molecular weight is 333 g/mol. The van der Waals surface area contributed by atoms with Crippen molar-refractivity contribution in [1.82, 2.24) is 19.9 Å². The van der Waals surface area contributed by atoms with Gasteiger partial charge in [-0.2, -0.15) is 4.98 Å². The van der Waals surface area contributed by atoms with E-state index in [-0.39, 0.29) is 0 Å². The molecule has 0 bridgehead atoms. The smallest absolute Gasteiger partial charge is 0.228 e. The normalized spacial score (nSPS) is 15.9. The fraction of sp³-hybridized carbons (Fsp3) is 0.562. The number of hydrogen-bond donors (Lipinski definition) is 0. The Bertz CT molecular complexity index is 652. The molecular formula is C16H23N5OS. The number of piperazine rings is 1. The lowest BCUT2D eigenvalue weighted by atomic mass is 10.3. The second-order valence-electron chi connectivity index (χ2n) is 5.73. The van der Waals surface area contributed by atoms with Crippen molar-refractivity contribution in [3.05, 3.63) is 27.8 Å². The van der Waals surface area contributed by atoms with Crippen LogP contribution in [0.1, 0.15) is 23.3 Å². The van der Waals surface area contributed by atoms with Crippen LogP contribution >= 0.6 is 11.3 Å². The lowest BCUT2D eigenvalue weighted by Crippen LogP contribution is -2.46. The lowest BCUT2D eigenvalue weighted by Gasteiger charge is -2.34. The van der Waals surface area contributed by atoms with Crippen molar-refractivity contribution in [2.24, 2.45) is 0 Å². The van der Waals surface area contributed by atoms with Crippen LogP contribution in [0, 0.1) is 13.8 Å². The molecule has 0 radical (unpaired) electrons. The van der Waals surface area contributed by atoms with Gasteiger partial charge in [-0.3, -0.25) is 4.90 Å². The van der Waals surface area contributed by atoms with Crippen LogP contribution in [0.25, 0.3) is 0 Å². The molecule has 1 aliphatic rings. The Labute approximate surface area is 141 Å².